The Bertz CT molecular complexity index is 3130. The minimum atomic E-state index is -5.96. The standard InChI is InChI=1S/C34H34NO.C14H9F5N.Ir/c1-21-9-11-27-28-7-6-8-29(33(28)36-32(27)17-21)31-19-30(23(3)20-35-31)26-12-10-25(18-22(26)2)24-13-15-34(4,5)16-14-24;1-9-8-20-12(10-5-3-2-4-6-10)7-11(9)13(15,16)14(17,18)19;/h6-7,9-12,17-20,24H,13-16H2,1-5H3;2-5,7-8H,1H3;/q2*-1;/i1D3,2D3,3D3,12D,24D;1D3,2D;. The molecule has 1 radical (unpaired) electrons. The summed E-state index contributed by atoms with van der Waals surface area (Å²) < 4.78 is 192. The van der Waals surface area contributed by atoms with E-state index in [2.05, 4.69) is 35.9 Å². The first-order valence-electron chi connectivity index (χ1n) is 25.0. The molecule has 0 atom stereocenters. The van der Waals surface area contributed by atoms with Crippen LogP contribution >= 0.6 is 0 Å². The molecule has 9 heteroatoms. The Morgan fingerprint density at radius 3 is 2.26 bits per heavy atom. The van der Waals surface area contributed by atoms with E-state index in [1.165, 1.54) is 54.7 Å². The van der Waals surface area contributed by atoms with E-state index in [0.717, 1.165) is 12.8 Å². The topological polar surface area (TPSA) is 38.9 Å². The number of hydrogen-bond acceptors (Lipinski definition) is 3. The minimum Gasteiger partial charge on any atom is -0.501 e. The molecule has 3 aromatic heterocycles. The zero-order chi connectivity index (χ0) is 52.7. The number of aromatic nitrogens is 2. The van der Waals surface area contributed by atoms with Gasteiger partial charge in [0.15, 0.2) is 0 Å². The SMILES string of the molecule is [2H]c1c[c-]c(-c2cc(C(F)(F)C(F)(F)F)c(C([2H])([2H])[2H])cn2)cc1.[2H]c1cc(C2([2H])CCC(C)(C)CC2)cc(C([2H])([2H])[2H])c1-c1cc(-c2[c-]ccc3c2oc2cc(C([2H])([2H])[2H])ccc23)ncc1C([2H])([2H])[2H].[Ir]. The van der Waals surface area contributed by atoms with Crippen LogP contribution in [-0.2, 0) is 26.0 Å². The van der Waals surface area contributed by atoms with Crippen LogP contribution in [-0.4, -0.2) is 16.1 Å². The molecular formula is C48H43F5IrN2O-2. The first kappa shape index (κ1) is 26.3. The summed E-state index contributed by atoms with van der Waals surface area (Å²) in [6.45, 7) is -6.63. The predicted molar refractivity (Wildman–Crippen MR) is 214 cm³/mol. The van der Waals surface area contributed by atoms with Crippen molar-refractivity contribution in [1.82, 2.24) is 9.97 Å². The van der Waals surface area contributed by atoms with Crippen LogP contribution < -0.4 is 0 Å². The number of benzene rings is 4. The van der Waals surface area contributed by atoms with Crippen LogP contribution in [0.3, 0.4) is 0 Å². The van der Waals surface area contributed by atoms with Crippen molar-refractivity contribution in [2.45, 2.75) is 84.9 Å². The maximum atomic E-state index is 13.8. The van der Waals surface area contributed by atoms with Crippen molar-refractivity contribution in [2.75, 3.05) is 0 Å². The van der Waals surface area contributed by atoms with Gasteiger partial charge in [-0.3, -0.25) is 0 Å². The van der Waals surface area contributed by atoms with Crippen LogP contribution in [0, 0.1) is 45.0 Å². The van der Waals surface area contributed by atoms with Gasteiger partial charge in [0.05, 0.1) is 6.95 Å². The minimum absolute atomic E-state index is 0. The molecule has 0 bridgehead atoms. The average Bonchev–Trinajstić information content (AvgIpc) is 3.64. The van der Waals surface area contributed by atoms with E-state index in [4.69, 9.17) is 23.6 Å². The maximum absolute atomic E-state index is 13.8. The largest absolute Gasteiger partial charge is 0.501 e. The first-order valence-corrected chi connectivity index (χ1v) is 17.5. The van der Waals surface area contributed by atoms with E-state index in [-0.39, 0.29) is 82.4 Å². The van der Waals surface area contributed by atoms with E-state index in [1.54, 1.807) is 18.2 Å². The molecule has 0 spiro atoms. The Morgan fingerprint density at radius 2 is 1.56 bits per heavy atom. The van der Waals surface area contributed by atoms with Crippen molar-refractivity contribution in [1.29, 1.82) is 0 Å². The monoisotopic (exact) mass is 966 g/mol. The molecule has 0 amide bonds. The van der Waals surface area contributed by atoms with Gasteiger partial charge in [-0.25, -0.2) is 0 Å². The summed E-state index contributed by atoms with van der Waals surface area (Å²) in [6, 6.07) is 22.1. The molecular weight excluding hydrogens is 908 g/mol. The third-order valence-corrected chi connectivity index (χ3v) is 9.95. The van der Waals surface area contributed by atoms with Crippen molar-refractivity contribution in [3.8, 4) is 33.6 Å². The molecule has 1 aliphatic rings. The second-order valence-electron chi connectivity index (χ2n) is 14.4. The summed E-state index contributed by atoms with van der Waals surface area (Å²) in [4.78, 5) is 8.09. The maximum Gasteiger partial charge on any atom is 0.458 e. The number of alkyl halides is 5. The van der Waals surface area contributed by atoms with Crippen LogP contribution in [0.25, 0.3) is 55.6 Å². The average molecular weight is 966 g/mol. The van der Waals surface area contributed by atoms with Crippen molar-refractivity contribution < 1.29 is 67.0 Å². The molecule has 3 nitrogen and oxygen atoms in total. The van der Waals surface area contributed by atoms with Crippen LogP contribution in [0.1, 0.15) is 99.4 Å². The van der Waals surface area contributed by atoms with Crippen LogP contribution in [0.15, 0.2) is 102 Å². The smallest absolute Gasteiger partial charge is 0.458 e. The number of furan rings is 1. The summed E-state index contributed by atoms with van der Waals surface area (Å²) >= 11 is 0. The zero-order valence-electron chi connectivity index (χ0n) is 45.4. The quantitative estimate of drug-likeness (QED) is 0.127. The molecule has 3 heterocycles. The first-order chi connectivity index (χ1) is 32.5. The number of rotatable bonds is 5. The van der Waals surface area contributed by atoms with Gasteiger partial charge in [-0.1, -0.05) is 67.2 Å². The number of fused-ring (bicyclic) bond motifs is 3. The van der Waals surface area contributed by atoms with E-state index < -0.39 is 56.5 Å². The predicted octanol–water partition coefficient (Wildman–Crippen LogP) is 14.2. The molecule has 0 unspecified atom stereocenters. The van der Waals surface area contributed by atoms with Gasteiger partial charge >= 0.3 is 12.1 Å². The number of aryl methyl sites for hydroxylation is 4. The molecule has 7 aromatic rings. The number of nitrogens with zero attached hydrogens (tertiary/aromatic N) is 2. The summed E-state index contributed by atoms with van der Waals surface area (Å²) in [6.07, 6.45) is -1.69. The van der Waals surface area contributed by atoms with E-state index in [0.29, 0.717) is 58.2 Å². The van der Waals surface area contributed by atoms with Crippen molar-refractivity contribution in [2.24, 2.45) is 5.41 Å². The van der Waals surface area contributed by atoms with Crippen molar-refractivity contribution in [3.63, 3.8) is 0 Å². The molecule has 8 rings (SSSR count). The van der Waals surface area contributed by atoms with Crippen LogP contribution in [0.5, 0.6) is 0 Å². The van der Waals surface area contributed by atoms with Crippen LogP contribution in [0.2, 0.25) is 0 Å². The van der Waals surface area contributed by atoms with Gasteiger partial charge < -0.3 is 14.4 Å². The Balaban J connectivity index is 0.000000286. The fourth-order valence-electron chi connectivity index (χ4n) is 6.69. The second-order valence-corrected chi connectivity index (χ2v) is 14.4. The molecule has 4 aromatic carbocycles. The van der Waals surface area contributed by atoms with Crippen molar-refractivity contribution >= 4 is 21.9 Å². The zero-order valence-corrected chi connectivity index (χ0v) is 32.8. The van der Waals surface area contributed by atoms with E-state index in [9.17, 15) is 23.3 Å². The Labute approximate surface area is 365 Å². The normalized spacial score (nSPS) is 19.9. The van der Waals surface area contributed by atoms with E-state index in [1.807, 2.05) is 0 Å². The van der Waals surface area contributed by atoms with Crippen LogP contribution in [0.4, 0.5) is 22.0 Å². The third-order valence-electron chi connectivity index (χ3n) is 9.95. The molecule has 0 aliphatic heterocycles. The summed E-state index contributed by atoms with van der Waals surface area (Å²) in [5.74, 6) is -6.42. The van der Waals surface area contributed by atoms with Gasteiger partial charge in [-0.05, 0) is 122 Å². The van der Waals surface area contributed by atoms with Gasteiger partial charge in [0.1, 0.15) is 5.58 Å². The fraction of sp³-hybridized carbons (Fsp3) is 0.292. The summed E-state index contributed by atoms with van der Waals surface area (Å²) in [5.41, 5.74) is -1.62. The Hall–Kier alpha value is -4.72. The Kier molecular flexibility index (Phi) is 7.51. The number of pyridine rings is 2. The van der Waals surface area contributed by atoms with Gasteiger partial charge in [0.25, 0.3) is 0 Å². The van der Waals surface area contributed by atoms with Crippen molar-refractivity contribution in [3.05, 3.63) is 143 Å². The Morgan fingerprint density at radius 1 is 0.807 bits per heavy atom. The van der Waals surface area contributed by atoms with Gasteiger partial charge in [0.2, 0.25) is 0 Å². The van der Waals surface area contributed by atoms with Gasteiger partial charge in [0, 0.05) is 61.3 Å². The molecule has 0 N–H and O–H groups in total. The number of hydrogen-bond donors (Lipinski definition) is 0. The number of halogens is 5. The second kappa shape index (κ2) is 16.3. The summed E-state index contributed by atoms with van der Waals surface area (Å²) in [7, 11) is 0. The molecule has 1 aliphatic carbocycles. The fourth-order valence-corrected chi connectivity index (χ4v) is 6.69. The van der Waals surface area contributed by atoms with Gasteiger partial charge in [-0.15, -0.1) is 54.1 Å². The molecule has 57 heavy (non-hydrogen) atoms. The molecule has 1 saturated carbocycles. The van der Waals surface area contributed by atoms with E-state index >= 15 is 0 Å². The molecule has 0 saturated heterocycles. The molecule has 1 fully saturated rings. The van der Waals surface area contributed by atoms with Gasteiger partial charge in [-0.2, -0.15) is 22.0 Å². The summed E-state index contributed by atoms with van der Waals surface area (Å²) in [5, 5.41) is 1.34. The molecule has 297 valence electrons. The third kappa shape index (κ3) is 8.61.